The topological polar surface area (TPSA) is 12.5 Å². The average molecular weight is 450 g/mol. The zero-order chi connectivity index (χ0) is 22.6. The van der Waals surface area contributed by atoms with Gasteiger partial charge in [0.2, 0.25) is 0 Å². The molecule has 2 saturated heterocycles. The van der Waals surface area contributed by atoms with Gasteiger partial charge in [0.25, 0.3) is 0 Å². The summed E-state index contributed by atoms with van der Waals surface area (Å²) in [6, 6.07) is 11.2. The van der Waals surface area contributed by atoms with Gasteiger partial charge in [0.05, 0.1) is 5.54 Å². The molecule has 4 rings (SSSR count). The second kappa shape index (κ2) is 10.6. The molecule has 0 N–H and O–H groups in total. The molecule has 0 radical (unpaired) electrons. The molecule has 2 nitrogen and oxygen atoms in total. The number of thioether (sulfide) groups is 1. The molecule has 172 valence electrons. The van der Waals surface area contributed by atoms with E-state index in [-0.39, 0.29) is 5.54 Å². The first-order valence-electron chi connectivity index (χ1n) is 12.3. The van der Waals surface area contributed by atoms with E-state index in [2.05, 4.69) is 97.8 Å². The van der Waals surface area contributed by atoms with E-state index in [1.54, 1.807) is 0 Å². The third-order valence-corrected chi connectivity index (χ3v) is 9.25. The normalized spacial score (nSPS) is 29.2. The molecule has 2 fully saturated rings. The molecular formula is C29H39NOS. The van der Waals surface area contributed by atoms with E-state index in [4.69, 9.17) is 4.74 Å². The van der Waals surface area contributed by atoms with Crippen molar-refractivity contribution in [1.29, 1.82) is 0 Å². The van der Waals surface area contributed by atoms with Gasteiger partial charge in [-0.25, -0.2) is 0 Å². The number of nitrogens with zero attached hydrogens (tertiary/aromatic N) is 1. The first kappa shape index (κ1) is 23.6. The lowest BCUT2D eigenvalue weighted by Crippen LogP contribution is -2.54. The smallest absolute Gasteiger partial charge is 0.103 e. The molecule has 5 unspecified atom stereocenters. The van der Waals surface area contributed by atoms with E-state index >= 15 is 0 Å². The number of hydrogen-bond acceptors (Lipinski definition) is 3. The van der Waals surface area contributed by atoms with Crippen LogP contribution in [0.1, 0.15) is 51.5 Å². The predicted octanol–water partition coefficient (Wildman–Crippen LogP) is 7.12. The number of ether oxygens (including phenoxy) is 1. The largest absolute Gasteiger partial charge is 0.371 e. The van der Waals surface area contributed by atoms with Crippen LogP contribution in [0.5, 0.6) is 0 Å². The van der Waals surface area contributed by atoms with Crippen LogP contribution in [-0.4, -0.2) is 35.8 Å². The summed E-state index contributed by atoms with van der Waals surface area (Å²) in [4.78, 5) is 2.80. The summed E-state index contributed by atoms with van der Waals surface area (Å²) in [5.41, 5.74) is 4.60. The Morgan fingerprint density at radius 3 is 2.75 bits per heavy atom. The molecule has 0 aromatic heterocycles. The molecule has 0 spiro atoms. The fraction of sp³-hybridized carbons (Fsp3) is 0.517. The molecule has 0 saturated carbocycles. The Morgan fingerprint density at radius 1 is 1.25 bits per heavy atom. The van der Waals surface area contributed by atoms with Gasteiger partial charge in [-0.3, -0.25) is 4.90 Å². The standard InChI is InChI=1S/C29H39NOS/c1-5-12-22(3)25-15-10-11-16-26(25)29(18-6-2,24-13-8-7-9-14-24)30-19-17-27-23(21-30)20-28(31-4)32-27/h5-9,12-16,22-23,27-28H,2,10-11,17-21H2,1,3-4H3. The number of rotatable bonds is 8. The maximum absolute atomic E-state index is 5.75. The Hall–Kier alpha value is -1.55. The SMILES string of the molecule is C=CCC(C1=CCCC=C1C(C)C=CC)(c1ccccc1)N1CCC2SC(OC)CC2C1. The fourth-order valence-corrected chi connectivity index (χ4v) is 7.65. The van der Waals surface area contributed by atoms with Crippen molar-refractivity contribution in [3.63, 3.8) is 0 Å². The Balaban J connectivity index is 1.80. The molecule has 3 heteroatoms. The van der Waals surface area contributed by atoms with Gasteiger partial charge < -0.3 is 4.74 Å². The summed E-state index contributed by atoms with van der Waals surface area (Å²) < 4.78 is 5.75. The molecule has 2 aliphatic heterocycles. The van der Waals surface area contributed by atoms with E-state index in [1.807, 2.05) is 7.11 Å². The summed E-state index contributed by atoms with van der Waals surface area (Å²) in [5, 5.41) is 0.728. The van der Waals surface area contributed by atoms with Crippen LogP contribution in [-0.2, 0) is 10.3 Å². The maximum atomic E-state index is 5.75. The summed E-state index contributed by atoms with van der Waals surface area (Å²) >= 11 is 2.06. The summed E-state index contributed by atoms with van der Waals surface area (Å²) in [7, 11) is 1.87. The highest BCUT2D eigenvalue weighted by molar-refractivity contribution is 8.00. The van der Waals surface area contributed by atoms with Gasteiger partial charge in [-0.1, -0.05) is 67.6 Å². The molecule has 0 amide bonds. The van der Waals surface area contributed by atoms with Gasteiger partial charge in [-0.15, -0.1) is 18.3 Å². The minimum atomic E-state index is -0.161. The van der Waals surface area contributed by atoms with E-state index in [9.17, 15) is 0 Å². The van der Waals surface area contributed by atoms with Gasteiger partial charge in [0, 0.05) is 25.4 Å². The van der Waals surface area contributed by atoms with Gasteiger partial charge >= 0.3 is 0 Å². The zero-order valence-corrected chi connectivity index (χ0v) is 20.8. The Labute approximate surface area is 199 Å². The lowest BCUT2D eigenvalue weighted by Gasteiger charge is -2.51. The molecule has 3 aliphatic rings. The van der Waals surface area contributed by atoms with Crippen LogP contribution in [0.2, 0.25) is 0 Å². The fourth-order valence-electron chi connectivity index (χ4n) is 6.13. The molecule has 5 atom stereocenters. The van der Waals surface area contributed by atoms with Crippen molar-refractivity contribution in [2.75, 3.05) is 20.2 Å². The Bertz CT molecular complexity index is 872. The van der Waals surface area contributed by atoms with Gasteiger partial charge in [0.1, 0.15) is 5.44 Å². The number of piperidine rings is 1. The van der Waals surface area contributed by atoms with Gasteiger partial charge in [-0.05, 0) is 67.6 Å². The summed E-state index contributed by atoms with van der Waals surface area (Å²) in [5.74, 6) is 1.10. The lowest BCUT2D eigenvalue weighted by atomic mass is 9.69. The van der Waals surface area contributed by atoms with Crippen LogP contribution in [0.15, 0.2) is 78.4 Å². The van der Waals surface area contributed by atoms with E-state index in [1.165, 1.54) is 23.1 Å². The first-order chi connectivity index (χ1) is 15.6. The number of hydrogen-bond donors (Lipinski definition) is 0. The second-order valence-electron chi connectivity index (χ2n) is 9.46. The number of benzene rings is 1. The van der Waals surface area contributed by atoms with Crippen molar-refractivity contribution in [3.8, 4) is 0 Å². The third kappa shape index (κ3) is 4.44. The van der Waals surface area contributed by atoms with Crippen molar-refractivity contribution in [1.82, 2.24) is 4.90 Å². The molecule has 2 heterocycles. The van der Waals surface area contributed by atoms with Crippen molar-refractivity contribution in [2.45, 2.75) is 62.2 Å². The van der Waals surface area contributed by atoms with E-state index in [0.717, 1.165) is 44.0 Å². The second-order valence-corrected chi connectivity index (χ2v) is 10.9. The summed E-state index contributed by atoms with van der Waals surface area (Å²) in [6.07, 6.45) is 17.3. The number of allylic oxidation sites excluding steroid dienone is 4. The highest BCUT2D eigenvalue weighted by atomic mass is 32.2. The molecule has 0 bridgehead atoms. The number of methoxy groups -OCH3 is 1. The zero-order valence-electron chi connectivity index (χ0n) is 20.0. The van der Waals surface area contributed by atoms with Crippen molar-refractivity contribution >= 4 is 11.8 Å². The number of likely N-dealkylation sites (tertiary alicyclic amines) is 1. The van der Waals surface area contributed by atoms with Crippen molar-refractivity contribution < 1.29 is 4.74 Å². The lowest BCUT2D eigenvalue weighted by molar-refractivity contribution is 0.0612. The van der Waals surface area contributed by atoms with E-state index in [0.29, 0.717) is 17.3 Å². The van der Waals surface area contributed by atoms with Crippen molar-refractivity contribution in [2.24, 2.45) is 11.8 Å². The minimum absolute atomic E-state index is 0.161. The third-order valence-electron chi connectivity index (χ3n) is 7.59. The number of fused-ring (bicyclic) bond motifs is 1. The predicted molar refractivity (Wildman–Crippen MR) is 139 cm³/mol. The molecule has 1 aromatic carbocycles. The van der Waals surface area contributed by atoms with Gasteiger partial charge in [0.15, 0.2) is 0 Å². The first-order valence-corrected chi connectivity index (χ1v) is 13.2. The Morgan fingerprint density at radius 2 is 2.03 bits per heavy atom. The minimum Gasteiger partial charge on any atom is -0.371 e. The van der Waals surface area contributed by atoms with Crippen LogP contribution in [0.4, 0.5) is 0 Å². The highest BCUT2D eigenvalue weighted by Crippen LogP contribution is 2.51. The highest BCUT2D eigenvalue weighted by Gasteiger charge is 2.48. The quantitative estimate of drug-likeness (QED) is 0.392. The average Bonchev–Trinajstić information content (AvgIpc) is 3.26. The van der Waals surface area contributed by atoms with Crippen LogP contribution >= 0.6 is 11.8 Å². The van der Waals surface area contributed by atoms with Crippen molar-refractivity contribution in [3.05, 3.63) is 84.0 Å². The van der Waals surface area contributed by atoms with Gasteiger partial charge in [-0.2, -0.15) is 0 Å². The molecule has 1 aromatic rings. The molecule has 1 aliphatic carbocycles. The summed E-state index contributed by atoms with van der Waals surface area (Å²) in [6.45, 7) is 11.0. The van der Waals surface area contributed by atoms with E-state index < -0.39 is 0 Å². The van der Waals surface area contributed by atoms with Crippen LogP contribution in [0, 0.1) is 11.8 Å². The Kier molecular flexibility index (Phi) is 7.81. The molecular weight excluding hydrogens is 410 g/mol. The van der Waals surface area contributed by atoms with Crippen LogP contribution < -0.4 is 0 Å². The molecule has 32 heavy (non-hydrogen) atoms. The van der Waals surface area contributed by atoms with Crippen LogP contribution in [0.25, 0.3) is 0 Å². The monoisotopic (exact) mass is 449 g/mol. The maximum Gasteiger partial charge on any atom is 0.103 e. The van der Waals surface area contributed by atoms with Crippen LogP contribution in [0.3, 0.4) is 0 Å².